The summed E-state index contributed by atoms with van der Waals surface area (Å²) in [6, 6.07) is 0. The number of aryl methyl sites for hydroxylation is 2. The summed E-state index contributed by atoms with van der Waals surface area (Å²) in [5, 5.41) is 1.25. The van der Waals surface area contributed by atoms with E-state index in [1.807, 2.05) is 11.3 Å². The molecule has 1 atom stereocenters. The first-order chi connectivity index (χ1) is 6.81. The fourth-order valence-electron chi connectivity index (χ4n) is 1.86. The number of rotatable bonds is 2. The third-order valence-corrected chi connectivity index (χ3v) is 4.28. The maximum absolute atomic E-state index is 5.66. The zero-order valence-corrected chi connectivity index (χ0v) is 9.57. The van der Waals surface area contributed by atoms with Gasteiger partial charge in [0, 0.05) is 17.3 Å². The van der Waals surface area contributed by atoms with E-state index in [-0.39, 0.29) is 0 Å². The van der Waals surface area contributed by atoms with E-state index in [0.717, 1.165) is 0 Å². The topological polar surface area (TPSA) is 38.9 Å². The maximum Gasteiger partial charge on any atom is 0.0971 e. The van der Waals surface area contributed by atoms with Gasteiger partial charge in [0.25, 0.3) is 0 Å². The van der Waals surface area contributed by atoms with Gasteiger partial charge in [-0.15, -0.1) is 11.3 Å². The molecule has 2 N–H and O–H groups in total. The van der Waals surface area contributed by atoms with E-state index >= 15 is 0 Å². The van der Waals surface area contributed by atoms with Gasteiger partial charge in [0.2, 0.25) is 0 Å². The Morgan fingerprint density at radius 3 is 2.93 bits per heavy atom. The summed E-state index contributed by atoms with van der Waals surface area (Å²) in [7, 11) is 0. The summed E-state index contributed by atoms with van der Waals surface area (Å²) < 4.78 is 0. The van der Waals surface area contributed by atoms with Crippen molar-refractivity contribution in [3.8, 4) is 0 Å². The second-order valence-electron chi connectivity index (χ2n) is 4.12. The molecule has 14 heavy (non-hydrogen) atoms. The maximum atomic E-state index is 5.66. The van der Waals surface area contributed by atoms with Crippen molar-refractivity contribution < 1.29 is 0 Å². The standard InChI is InChI=1S/C11H18N2S/c1-8(7-12)11-13-9-5-3-2-4-6-10(9)14-11/h8H,2-7,12H2,1H3. The molecule has 2 nitrogen and oxygen atoms in total. The lowest BCUT2D eigenvalue weighted by molar-refractivity contribution is 0.703. The normalized spacial score (nSPS) is 18.7. The minimum atomic E-state index is 0.437. The molecule has 1 heterocycles. The van der Waals surface area contributed by atoms with Gasteiger partial charge in [-0.25, -0.2) is 4.98 Å². The number of hydrogen-bond donors (Lipinski definition) is 1. The van der Waals surface area contributed by atoms with Crippen LogP contribution in [0.4, 0.5) is 0 Å². The van der Waals surface area contributed by atoms with Gasteiger partial charge in [-0.2, -0.15) is 0 Å². The molecular formula is C11H18N2S. The molecule has 0 saturated heterocycles. The zero-order valence-electron chi connectivity index (χ0n) is 8.75. The number of hydrogen-bond acceptors (Lipinski definition) is 3. The minimum absolute atomic E-state index is 0.437. The molecule has 1 aliphatic rings. The lowest BCUT2D eigenvalue weighted by atomic mass is 10.2. The van der Waals surface area contributed by atoms with Crippen LogP contribution < -0.4 is 5.73 Å². The summed E-state index contributed by atoms with van der Waals surface area (Å²) in [6.07, 6.45) is 6.44. The van der Waals surface area contributed by atoms with Crippen LogP contribution >= 0.6 is 11.3 Å². The average molecular weight is 210 g/mol. The summed E-state index contributed by atoms with van der Waals surface area (Å²) in [5.41, 5.74) is 7.02. The summed E-state index contributed by atoms with van der Waals surface area (Å²) >= 11 is 1.89. The van der Waals surface area contributed by atoms with Crippen molar-refractivity contribution in [2.24, 2.45) is 5.73 Å². The van der Waals surface area contributed by atoms with Crippen molar-refractivity contribution in [1.82, 2.24) is 4.98 Å². The second-order valence-corrected chi connectivity index (χ2v) is 5.23. The summed E-state index contributed by atoms with van der Waals surface area (Å²) in [6.45, 7) is 2.88. The molecule has 1 unspecified atom stereocenters. The van der Waals surface area contributed by atoms with Crippen LogP contribution in [0.15, 0.2) is 0 Å². The van der Waals surface area contributed by atoms with E-state index in [4.69, 9.17) is 10.7 Å². The van der Waals surface area contributed by atoms with Gasteiger partial charge in [-0.05, 0) is 25.7 Å². The molecular weight excluding hydrogens is 192 g/mol. The van der Waals surface area contributed by atoms with E-state index in [0.29, 0.717) is 12.5 Å². The van der Waals surface area contributed by atoms with Gasteiger partial charge in [0.1, 0.15) is 0 Å². The Balaban J connectivity index is 2.22. The zero-order chi connectivity index (χ0) is 9.97. The molecule has 1 aromatic rings. The van der Waals surface area contributed by atoms with Gasteiger partial charge >= 0.3 is 0 Å². The van der Waals surface area contributed by atoms with Crippen LogP contribution in [-0.4, -0.2) is 11.5 Å². The average Bonchev–Trinajstić information content (AvgIpc) is 2.49. The van der Waals surface area contributed by atoms with E-state index in [1.165, 1.54) is 47.7 Å². The number of aromatic nitrogens is 1. The minimum Gasteiger partial charge on any atom is -0.330 e. The number of thiazole rings is 1. The van der Waals surface area contributed by atoms with Gasteiger partial charge < -0.3 is 5.73 Å². The predicted octanol–water partition coefficient (Wildman–Crippen LogP) is 2.47. The Kier molecular flexibility index (Phi) is 3.19. The first kappa shape index (κ1) is 10.1. The molecule has 0 fully saturated rings. The highest BCUT2D eigenvalue weighted by Crippen LogP contribution is 2.29. The van der Waals surface area contributed by atoms with Crippen molar-refractivity contribution in [3.05, 3.63) is 15.6 Å². The Morgan fingerprint density at radius 1 is 1.36 bits per heavy atom. The summed E-state index contributed by atoms with van der Waals surface area (Å²) in [5.74, 6) is 0.437. The van der Waals surface area contributed by atoms with Crippen LogP contribution in [0, 0.1) is 0 Å². The molecule has 0 amide bonds. The van der Waals surface area contributed by atoms with E-state index in [2.05, 4.69) is 6.92 Å². The van der Waals surface area contributed by atoms with Crippen LogP contribution in [0.3, 0.4) is 0 Å². The smallest absolute Gasteiger partial charge is 0.0971 e. The van der Waals surface area contributed by atoms with Crippen LogP contribution in [0.5, 0.6) is 0 Å². The van der Waals surface area contributed by atoms with E-state index < -0.39 is 0 Å². The molecule has 0 aromatic carbocycles. The lowest BCUT2D eigenvalue weighted by Gasteiger charge is -2.02. The van der Waals surface area contributed by atoms with Crippen LogP contribution in [0.2, 0.25) is 0 Å². The third-order valence-electron chi connectivity index (χ3n) is 2.89. The fraction of sp³-hybridized carbons (Fsp3) is 0.727. The molecule has 0 aliphatic heterocycles. The lowest BCUT2D eigenvalue weighted by Crippen LogP contribution is -2.08. The van der Waals surface area contributed by atoms with Gasteiger partial charge in [-0.1, -0.05) is 13.3 Å². The Hall–Kier alpha value is -0.410. The quantitative estimate of drug-likeness (QED) is 0.762. The van der Waals surface area contributed by atoms with Crippen molar-refractivity contribution in [2.75, 3.05) is 6.54 Å². The molecule has 0 saturated carbocycles. The molecule has 2 rings (SSSR count). The second kappa shape index (κ2) is 4.41. The molecule has 0 radical (unpaired) electrons. The number of fused-ring (bicyclic) bond motifs is 1. The molecule has 0 bridgehead atoms. The van der Waals surface area contributed by atoms with Crippen molar-refractivity contribution in [3.63, 3.8) is 0 Å². The molecule has 3 heteroatoms. The van der Waals surface area contributed by atoms with Crippen LogP contribution in [0.1, 0.15) is 47.7 Å². The molecule has 0 spiro atoms. The van der Waals surface area contributed by atoms with Gasteiger partial charge in [-0.3, -0.25) is 0 Å². The Labute approximate surface area is 89.5 Å². The van der Waals surface area contributed by atoms with Crippen molar-refractivity contribution >= 4 is 11.3 Å². The van der Waals surface area contributed by atoms with Crippen LogP contribution in [-0.2, 0) is 12.8 Å². The van der Waals surface area contributed by atoms with Crippen LogP contribution in [0.25, 0.3) is 0 Å². The monoisotopic (exact) mass is 210 g/mol. The highest BCUT2D eigenvalue weighted by Gasteiger charge is 2.16. The van der Waals surface area contributed by atoms with Crippen molar-refractivity contribution in [2.45, 2.75) is 44.9 Å². The largest absolute Gasteiger partial charge is 0.330 e. The Morgan fingerprint density at radius 2 is 2.14 bits per heavy atom. The highest BCUT2D eigenvalue weighted by molar-refractivity contribution is 7.11. The van der Waals surface area contributed by atoms with E-state index in [9.17, 15) is 0 Å². The van der Waals surface area contributed by atoms with Crippen molar-refractivity contribution in [1.29, 1.82) is 0 Å². The number of nitrogens with two attached hydrogens (primary N) is 1. The molecule has 78 valence electrons. The SMILES string of the molecule is CC(CN)c1nc2c(s1)CCCCC2. The Bertz CT molecular complexity index is 283. The van der Waals surface area contributed by atoms with Gasteiger partial charge in [0.15, 0.2) is 0 Å². The summed E-state index contributed by atoms with van der Waals surface area (Å²) in [4.78, 5) is 6.25. The first-order valence-electron chi connectivity index (χ1n) is 5.50. The highest BCUT2D eigenvalue weighted by atomic mass is 32.1. The first-order valence-corrected chi connectivity index (χ1v) is 6.31. The molecule has 1 aliphatic carbocycles. The third kappa shape index (κ3) is 1.98. The van der Waals surface area contributed by atoms with Gasteiger partial charge in [0.05, 0.1) is 10.7 Å². The number of nitrogens with zero attached hydrogens (tertiary/aromatic N) is 1. The van der Waals surface area contributed by atoms with E-state index in [1.54, 1.807) is 0 Å². The molecule has 1 aromatic heterocycles. The predicted molar refractivity (Wildman–Crippen MR) is 60.8 cm³/mol. The fourth-order valence-corrected chi connectivity index (χ4v) is 3.08.